The second-order valence-corrected chi connectivity index (χ2v) is 5.72. The zero-order valence-electron chi connectivity index (χ0n) is 13.3. The van der Waals surface area contributed by atoms with Crippen LogP contribution >= 0.6 is 11.6 Å². The lowest BCUT2D eigenvalue weighted by molar-refractivity contribution is -0.127. The maximum absolute atomic E-state index is 12.3. The Labute approximate surface area is 140 Å². The number of hydrogen-bond donors (Lipinski definition) is 1. The highest BCUT2D eigenvalue weighted by molar-refractivity contribution is 6.33. The van der Waals surface area contributed by atoms with Gasteiger partial charge in [-0.1, -0.05) is 41.9 Å². The molecule has 0 radical (unpaired) electrons. The molecule has 1 aromatic carbocycles. The number of aromatic nitrogens is 2. The van der Waals surface area contributed by atoms with Gasteiger partial charge in [0.1, 0.15) is 5.15 Å². The van der Waals surface area contributed by atoms with Crippen LogP contribution in [0.25, 0.3) is 0 Å². The molecular weight excluding hydrogens is 316 g/mol. The van der Waals surface area contributed by atoms with Gasteiger partial charge in [0.25, 0.3) is 5.91 Å². The first kappa shape index (κ1) is 17.0. The summed E-state index contributed by atoms with van der Waals surface area (Å²) in [6.45, 7) is 2.12. The van der Waals surface area contributed by atoms with Crippen molar-refractivity contribution in [3.63, 3.8) is 0 Å². The molecular formula is C16H19ClN4O2. The molecule has 2 amide bonds. The summed E-state index contributed by atoms with van der Waals surface area (Å²) < 4.78 is 1.58. The van der Waals surface area contributed by atoms with Crippen molar-refractivity contribution in [1.29, 1.82) is 0 Å². The molecule has 23 heavy (non-hydrogen) atoms. The van der Waals surface area contributed by atoms with Crippen LogP contribution in [-0.2, 0) is 11.3 Å². The van der Waals surface area contributed by atoms with E-state index in [9.17, 15) is 9.59 Å². The molecule has 0 aliphatic rings. The summed E-state index contributed by atoms with van der Waals surface area (Å²) >= 11 is 6.30. The zero-order chi connectivity index (χ0) is 17.0. The standard InChI is InChI=1S/C16H19ClN4O2/c1-11-14(16(23)18-9-13(22)20(2)3)15(17)21(19-11)10-12-7-5-4-6-8-12/h4-8H,9-10H2,1-3H3,(H,18,23). The van der Waals surface area contributed by atoms with E-state index in [4.69, 9.17) is 11.6 Å². The van der Waals surface area contributed by atoms with Gasteiger partial charge >= 0.3 is 0 Å². The van der Waals surface area contributed by atoms with Crippen molar-refractivity contribution in [3.8, 4) is 0 Å². The summed E-state index contributed by atoms with van der Waals surface area (Å²) in [5.74, 6) is -0.592. The van der Waals surface area contributed by atoms with Crippen LogP contribution in [-0.4, -0.2) is 47.1 Å². The summed E-state index contributed by atoms with van der Waals surface area (Å²) in [4.78, 5) is 25.2. The Morgan fingerprint density at radius 2 is 1.91 bits per heavy atom. The Morgan fingerprint density at radius 3 is 2.52 bits per heavy atom. The van der Waals surface area contributed by atoms with Gasteiger partial charge in [0, 0.05) is 14.1 Å². The Kier molecular flexibility index (Phi) is 5.39. The number of rotatable bonds is 5. The predicted molar refractivity (Wildman–Crippen MR) is 88.5 cm³/mol. The van der Waals surface area contributed by atoms with E-state index >= 15 is 0 Å². The van der Waals surface area contributed by atoms with Gasteiger partial charge in [0.15, 0.2) is 0 Å². The highest BCUT2D eigenvalue weighted by Gasteiger charge is 2.21. The maximum Gasteiger partial charge on any atom is 0.256 e. The minimum Gasteiger partial charge on any atom is -0.347 e. The lowest BCUT2D eigenvalue weighted by atomic mass is 10.2. The van der Waals surface area contributed by atoms with Crippen molar-refractivity contribution in [2.75, 3.05) is 20.6 Å². The monoisotopic (exact) mass is 334 g/mol. The highest BCUT2D eigenvalue weighted by atomic mass is 35.5. The minimum atomic E-state index is -0.401. The number of aryl methyl sites for hydroxylation is 1. The van der Waals surface area contributed by atoms with Gasteiger partial charge in [-0.2, -0.15) is 5.10 Å². The second kappa shape index (κ2) is 7.28. The molecule has 2 aromatic rings. The van der Waals surface area contributed by atoms with Crippen molar-refractivity contribution in [2.24, 2.45) is 0 Å². The van der Waals surface area contributed by atoms with Gasteiger partial charge in [-0.25, -0.2) is 4.68 Å². The average molecular weight is 335 g/mol. The molecule has 0 spiro atoms. The highest BCUT2D eigenvalue weighted by Crippen LogP contribution is 2.20. The molecule has 1 aromatic heterocycles. The molecule has 0 fully saturated rings. The van der Waals surface area contributed by atoms with Crippen LogP contribution in [0.3, 0.4) is 0 Å². The van der Waals surface area contributed by atoms with Crippen molar-refractivity contribution >= 4 is 23.4 Å². The summed E-state index contributed by atoms with van der Waals surface area (Å²) in [6, 6.07) is 9.71. The van der Waals surface area contributed by atoms with Crippen LogP contribution in [0.4, 0.5) is 0 Å². The fourth-order valence-electron chi connectivity index (χ4n) is 2.07. The molecule has 0 atom stereocenters. The quantitative estimate of drug-likeness (QED) is 0.905. The molecule has 0 unspecified atom stereocenters. The SMILES string of the molecule is Cc1nn(Cc2ccccc2)c(Cl)c1C(=O)NCC(=O)N(C)C. The number of benzene rings is 1. The Bertz CT molecular complexity index is 710. The fourth-order valence-corrected chi connectivity index (χ4v) is 2.39. The number of likely N-dealkylation sites (N-methyl/N-ethyl adjacent to an activating group) is 1. The first-order chi connectivity index (χ1) is 10.9. The molecule has 122 valence electrons. The van der Waals surface area contributed by atoms with Crippen LogP contribution in [0.2, 0.25) is 5.15 Å². The molecule has 0 aliphatic heterocycles. The van der Waals surface area contributed by atoms with Crippen LogP contribution < -0.4 is 5.32 Å². The third-order valence-electron chi connectivity index (χ3n) is 3.37. The van der Waals surface area contributed by atoms with Gasteiger partial charge in [-0.3, -0.25) is 9.59 Å². The third kappa shape index (κ3) is 4.10. The molecule has 7 heteroatoms. The van der Waals surface area contributed by atoms with Crippen molar-refractivity contribution in [3.05, 3.63) is 52.3 Å². The first-order valence-corrected chi connectivity index (χ1v) is 7.53. The summed E-state index contributed by atoms with van der Waals surface area (Å²) in [7, 11) is 3.26. The number of nitrogens with zero attached hydrogens (tertiary/aromatic N) is 3. The van der Waals surface area contributed by atoms with Crippen LogP contribution in [0, 0.1) is 6.92 Å². The van der Waals surface area contributed by atoms with E-state index in [1.54, 1.807) is 25.7 Å². The van der Waals surface area contributed by atoms with Gasteiger partial charge in [-0.05, 0) is 12.5 Å². The van der Waals surface area contributed by atoms with Crippen molar-refractivity contribution in [1.82, 2.24) is 20.0 Å². The molecule has 1 N–H and O–H groups in total. The molecule has 0 saturated heterocycles. The largest absolute Gasteiger partial charge is 0.347 e. The predicted octanol–water partition coefficient (Wildman–Crippen LogP) is 1.71. The van der Waals surface area contributed by atoms with Gasteiger partial charge in [-0.15, -0.1) is 0 Å². The number of hydrogen-bond acceptors (Lipinski definition) is 3. The molecule has 6 nitrogen and oxygen atoms in total. The van der Waals surface area contributed by atoms with E-state index in [-0.39, 0.29) is 17.6 Å². The number of halogens is 1. The number of carbonyl (C=O) groups is 2. The Morgan fingerprint density at radius 1 is 1.26 bits per heavy atom. The lowest BCUT2D eigenvalue weighted by Crippen LogP contribution is -2.36. The van der Waals surface area contributed by atoms with E-state index < -0.39 is 5.91 Å². The van der Waals surface area contributed by atoms with Gasteiger partial charge in [0.2, 0.25) is 5.91 Å². The average Bonchev–Trinajstić information content (AvgIpc) is 2.79. The van der Waals surface area contributed by atoms with Gasteiger partial charge < -0.3 is 10.2 Å². The molecule has 0 saturated carbocycles. The lowest BCUT2D eigenvalue weighted by Gasteiger charge is -2.10. The van der Waals surface area contributed by atoms with E-state index in [0.29, 0.717) is 17.8 Å². The summed E-state index contributed by atoms with van der Waals surface area (Å²) in [6.07, 6.45) is 0. The maximum atomic E-state index is 12.3. The third-order valence-corrected chi connectivity index (χ3v) is 3.75. The van der Waals surface area contributed by atoms with Crippen LogP contribution in [0.5, 0.6) is 0 Å². The van der Waals surface area contributed by atoms with Crippen molar-refractivity contribution in [2.45, 2.75) is 13.5 Å². The first-order valence-electron chi connectivity index (χ1n) is 7.15. The molecule has 2 rings (SSSR count). The topological polar surface area (TPSA) is 67.2 Å². The minimum absolute atomic E-state index is 0.0779. The second-order valence-electron chi connectivity index (χ2n) is 5.37. The molecule has 0 aliphatic carbocycles. The Balaban J connectivity index is 2.14. The van der Waals surface area contributed by atoms with Crippen molar-refractivity contribution < 1.29 is 9.59 Å². The number of amides is 2. The van der Waals surface area contributed by atoms with Gasteiger partial charge in [0.05, 0.1) is 24.3 Å². The molecule has 1 heterocycles. The zero-order valence-corrected chi connectivity index (χ0v) is 14.1. The summed E-state index contributed by atoms with van der Waals surface area (Å²) in [5, 5.41) is 7.15. The number of nitrogens with one attached hydrogen (secondary N) is 1. The number of carbonyl (C=O) groups excluding carboxylic acids is 2. The van der Waals surface area contributed by atoms with Crippen LogP contribution in [0.15, 0.2) is 30.3 Å². The summed E-state index contributed by atoms with van der Waals surface area (Å²) in [5.41, 5.74) is 1.86. The van der Waals surface area contributed by atoms with E-state index in [1.807, 2.05) is 30.3 Å². The van der Waals surface area contributed by atoms with E-state index in [0.717, 1.165) is 5.56 Å². The smallest absolute Gasteiger partial charge is 0.256 e. The fraction of sp³-hybridized carbons (Fsp3) is 0.312. The van der Waals surface area contributed by atoms with Crippen LogP contribution in [0.1, 0.15) is 21.6 Å². The van der Waals surface area contributed by atoms with E-state index in [1.165, 1.54) is 4.90 Å². The molecule has 0 bridgehead atoms. The normalized spacial score (nSPS) is 10.4. The van der Waals surface area contributed by atoms with E-state index in [2.05, 4.69) is 10.4 Å². The Hall–Kier alpha value is -2.34.